The molecule has 4 nitrogen and oxygen atoms in total. The van der Waals surface area contributed by atoms with Gasteiger partial charge in [0.15, 0.2) is 11.3 Å². The molecule has 0 radical (unpaired) electrons. The topological polar surface area (TPSA) is 48.7 Å². The maximum Gasteiger partial charge on any atom is 0.374 e. The first-order valence-corrected chi connectivity index (χ1v) is 6.79. The molecule has 0 saturated carbocycles. The van der Waals surface area contributed by atoms with E-state index in [9.17, 15) is 4.79 Å². The fraction of sp³-hybridized carbons (Fsp3) is 0.250. The third kappa shape index (κ3) is 2.27. The first kappa shape index (κ1) is 13.4. The summed E-state index contributed by atoms with van der Waals surface area (Å²) in [7, 11) is 1.56. The Morgan fingerprint density at radius 2 is 2.11 bits per heavy atom. The number of rotatable bonds is 3. The highest BCUT2D eigenvalue weighted by Crippen LogP contribution is 2.40. The zero-order chi connectivity index (χ0) is 13.3. The van der Waals surface area contributed by atoms with Crippen molar-refractivity contribution < 1.29 is 18.7 Å². The second-order valence-corrected chi connectivity index (χ2v) is 5.10. The summed E-state index contributed by atoms with van der Waals surface area (Å²) in [6, 6.07) is 3.47. The van der Waals surface area contributed by atoms with Crippen molar-refractivity contribution in [1.29, 1.82) is 0 Å². The van der Waals surface area contributed by atoms with Gasteiger partial charge in [0.25, 0.3) is 0 Å². The van der Waals surface area contributed by atoms with Gasteiger partial charge in [-0.2, -0.15) is 0 Å². The molecule has 0 aliphatic heterocycles. The molecule has 2 aromatic rings. The summed E-state index contributed by atoms with van der Waals surface area (Å²) in [5.41, 5.74) is 0.554. The van der Waals surface area contributed by atoms with E-state index < -0.39 is 5.97 Å². The molecule has 0 spiro atoms. The maximum absolute atomic E-state index is 11.6. The molecule has 1 aromatic carbocycles. The van der Waals surface area contributed by atoms with E-state index in [4.69, 9.17) is 13.9 Å². The van der Waals surface area contributed by atoms with Gasteiger partial charge in [0.2, 0.25) is 5.76 Å². The van der Waals surface area contributed by atoms with Crippen molar-refractivity contribution in [1.82, 2.24) is 0 Å². The smallest absolute Gasteiger partial charge is 0.374 e. The Kier molecular flexibility index (Phi) is 3.97. The molecule has 0 amide bonds. The average molecular weight is 378 g/mol. The standard InChI is InChI=1S/C12H10Br2O4/c1-3-17-12(15)8-5-6-4-7(13)11(16-2)9(14)10(6)18-8/h4-5H,3H2,1-2H3. The summed E-state index contributed by atoms with van der Waals surface area (Å²) in [5.74, 6) is 0.315. The Bertz CT molecular complexity index is 604. The van der Waals surface area contributed by atoms with Crippen molar-refractivity contribution in [2.45, 2.75) is 6.92 Å². The quantitative estimate of drug-likeness (QED) is 0.754. The lowest BCUT2D eigenvalue weighted by atomic mass is 10.2. The van der Waals surface area contributed by atoms with E-state index in [1.807, 2.05) is 6.07 Å². The molecule has 18 heavy (non-hydrogen) atoms. The molecule has 2 rings (SSSR count). The molecular weight excluding hydrogens is 368 g/mol. The van der Waals surface area contributed by atoms with Crippen LogP contribution in [0, 0.1) is 0 Å². The first-order valence-electron chi connectivity index (χ1n) is 5.21. The zero-order valence-electron chi connectivity index (χ0n) is 9.75. The van der Waals surface area contributed by atoms with Gasteiger partial charge in [-0.3, -0.25) is 0 Å². The van der Waals surface area contributed by atoms with Crippen LogP contribution < -0.4 is 4.74 Å². The molecule has 0 N–H and O–H groups in total. The lowest BCUT2D eigenvalue weighted by Gasteiger charge is -2.05. The Morgan fingerprint density at radius 3 is 2.72 bits per heavy atom. The second-order valence-electron chi connectivity index (χ2n) is 3.46. The summed E-state index contributed by atoms with van der Waals surface area (Å²) in [4.78, 5) is 11.6. The van der Waals surface area contributed by atoms with Gasteiger partial charge in [-0.1, -0.05) is 0 Å². The minimum absolute atomic E-state index is 0.174. The third-order valence-electron chi connectivity index (χ3n) is 2.34. The molecule has 0 aliphatic rings. The van der Waals surface area contributed by atoms with E-state index in [2.05, 4.69) is 31.9 Å². The number of ether oxygens (including phenoxy) is 2. The normalized spacial score (nSPS) is 10.7. The van der Waals surface area contributed by atoms with Crippen molar-refractivity contribution in [3.8, 4) is 5.75 Å². The lowest BCUT2D eigenvalue weighted by molar-refractivity contribution is 0.0492. The Hall–Kier alpha value is -1.01. The number of benzene rings is 1. The molecule has 96 valence electrons. The van der Waals surface area contributed by atoms with Gasteiger partial charge >= 0.3 is 5.97 Å². The number of furan rings is 1. The van der Waals surface area contributed by atoms with Crippen LogP contribution in [0.1, 0.15) is 17.5 Å². The third-order valence-corrected chi connectivity index (χ3v) is 3.65. The zero-order valence-corrected chi connectivity index (χ0v) is 12.9. The van der Waals surface area contributed by atoms with Crippen LogP contribution in [0.15, 0.2) is 25.5 Å². The fourth-order valence-electron chi connectivity index (χ4n) is 1.58. The van der Waals surface area contributed by atoms with Crippen LogP contribution >= 0.6 is 31.9 Å². The predicted octanol–water partition coefficient (Wildman–Crippen LogP) is 4.14. The molecule has 0 unspecified atom stereocenters. The molecule has 1 heterocycles. The van der Waals surface area contributed by atoms with Gasteiger partial charge in [-0.25, -0.2) is 4.79 Å². The minimum atomic E-state index is -0.476. The van der Waals surface area contributed by atoms with Crippen molar-refractivity contribution in [3.63, 3.8) is 0 Å². The molecular formula is C12H10Br2O4. The van der Waals surface area contributed by atoms with Crippen LogP contribution in [0.3, 0.4) is 0 Å². The second kappa shape index (κ2) is 5.32. The number of methoxy groups -OCH3 is 1. The van der Waals surface area contributed by atoms with E-state index in [0.29, 0.717) is 22.4 Å². The molecule has 0 fully saturated rings. The number of carbonyl (C=O) groups excluding carboxylic acids is 1. The largest absolute Gasteiger partial charge is 0.494 e. The molecule has 6 heteroatoms. The van der Waals surface area contributed by atoms with Gasteiger partial charge in [0, 0.05) is 5.39 Å². The molecule has 0 atom stereocenters. The van der Waals surface area contributed by atoms with Gasteiger partial charge in [0.1, 0.15) is 4.47 Å². The van der Waals surface area contributed by atoms with E-state index in [1.165, 1.54) is 0 Å². The summed E-state index contributed by atoms with van der Waals surface area (Å²) in [6.07, 6.45) is 0. The van der Waals surface area contributed by atoms with Crippen molar-refractivity contribution in [3.05, 3.63) is 26.8 Å². The summed E-state index contributed by atoms with van der Waals surface area (Å²) >= 11 is 6.79. The van der Waals surface area contributed by atoms with E-state index in [-0.39, 0.29) is 5.76 Å². The number of esters is 1. The number of hydrogen-bond donors (Lipinski definition) is 0. The average Bonchev–Trinajstić information content (AvgIpc) is 2.74. The highest BCUT2D eigenvalue weighted by molar-refractivity contribution is 9.11. The molecule has 0 saturated heterocycles. The van der Waals surface area contributed by atoms with Crippen molar-refractivity contribution >= 4 is 48.8 Å². The predicted molar refractivity (Wildman–Crippen MR) is 74.1 cm³/mol. The fourth-order valence-corrected chi connectivity index (χ4v) is 3.14. The van der Waals surface area contributed by atoms with Gasteiger partial charge < -0.3 is 13.9 Å². The highest BCUT2D eigenvalue weighted by Gasteiger charge is 2.18. The van der Waals surface area contributed by atoms with Crippen LogP contribution in [0.25, 0.3) is 11.0 Å². The van der Waals surface area contributed by atoms with Crippen LogP contribution in [-0.4, -0.2) is 19.7 Å². The highest BCUT2D eigenvalue weighted by atomic mass is 79.9. The first-order chi connectivity index (χ1) is 8.58. The van der Waals surface area contributed by atoms with E-state index in [0.717, 1.165) is 9.86 Å². The van der Waals surface area contributed by atoms with Gasteiger partial charge in [-0.15, -0.1) is 0 Å². The van der Waals surface area contributed by atoms with Gasteiger partial charge in [-0.05, 0) is 50.9 Å². The SMILES string of the molecule is CCOC(=O)c1cc2cc(Br)c(OC)c(Br)c2o1. The lowest BCUT2D eigenvalue weighted by Crippen LogP contribution is -2.02. The van der Waals surface area contributed by atoms with Crippen LogP contribution in [0.5, 0.6) is 5.75 Å². The minimum Gasteiger partial charge on any atom is -0.494 e. The van der Waals surface area contributed by atoms with Crippen LogP contribution in [0.4, 0.5) is 0 Å². The number of halogens is 2. The molecule has 0 bridgehead atoms. The summed E-state index contributed by atoms with van der Waals surface area (Å²) < 4.78 is 17.0. The maximum atomic E-state index is 11.6. The van der Waals surface area contributed by atoms with E-state index in [1.54, 1.807) is 20.1 Å². The van der Waals surface area contributed by atoms with Gasteiger partial charge in [0.05, 0.1) is 18.2 Å². The Balaban J connectivity index is 2.58. The monoisotopic (exact) mass is 376 g/mol. The van der Waals surface area contributed by atoms with E-state index >= 15 is 0 Å². The summed E-state index contributed by atoms with van der Waals surface area (Å²) in [6.45, 7) is 2.06. The summed E-state index contributed by atoms with van der Waals surface area (Å²) in [5, 5.41) is 0.789. The Morgan fingerprint density at radius 1 is 1.39 bits per heavy atom. The number of fused-ring (bicyclic) bond motifs is 1. The number of carbonyl (C=O) groups is 1. The van der Waals surface area contributed by atoms with Crippen LogP contribution in [-0.2, 0) is 4.74 Å². The molecule has 1 aromatic heterocycles. The number of hydrogen-bond acceptors (Lipinski definition) is 4. The van der Waals surface area contributed by atoms with Crippen molar-refractivity contribution in [2.24, 2.45) is 0 Å². The molecule has 0 aliphatic carbocycles. The Labute approximate surface area is 120 Å². The van der Waals surface area contributed by atoms with Crippen molar-refractivity contribution in [2.75, 3.05) is 13.7 Å². The van der Waals surface area contributed by atoms with Crippen LogP contribution in [0.2, 0.25) is 0 Å².